The first-order valence-corrected chi connectivity index (χ1v) is 7.40. The predicted octanol–water partition coefficient (Wildman–Crippen LogP) is 4.09. The van der Waals surface area contributed by atoms with Crippen LogP contribution < -0.4 is 5.32 Å². The number of oxazole rings is 1. The molecule has 0 radical (unpaired) electrons. The highest BCUT2D eigenvalue weighted by molar-refractivity contribution is 7.99. The summed E-state index contributed by atoms with van der Waals surface area (Å²) in [5, 5.41) is 3.56. The molecule has 1 N–H and O–H groups in total. The number of carbonyl (C=O) groups is 1. The molecular weight excluding hydrogens is 298 g/mol. The predicted molar refractivity (Wildman–Crippen MR) is 78.8 cm³/mol. The van der Waals surface area contributed by atoms with E-state index in [0.717, 1.165) is 18.0 Å². The quantitative estimate of drug-likeness (QED) is 0.452. The zero-order chi connectivity index (χ0) is 15.1. The van der Waals surface area contributed by atoms with Crippen LogP contribution in [0.15, 0.2) is 40.0 Å². The minimum atomic E-state index is -1.67. The largest absolute Gasteiger partial charge is 0.431 e. The molecule has 2 rings (SSSR count). The number of carbonyl (C=O) groups excluding carboxylic acids is 1. The Bertz CT molecular complexity index is 639. The van der Waals surface area contributed by atoms with Gasteiger partial charge >= 0.3 is 0 Å². The van der Waals surface area contributed by atoms with Gasteiger partial charge in [0.15, 0.2) is 5.58 Å². The van der Waals surface area contributed by atoms with Crippen molar-refractivity contribution in [2.75, 3.05) is 17.6 Å². The van der Waals surface area contributed by atoms with Crippen LogP contribution in [-0.2, 0) is 4.79 Å². The minimum absolute atomic E-state index is 0.260. The molecule has 0 aliphatic rings. The Morgan fingerprint density at radius 1 is 1.38 bits per heavy atom. The van der Waals surface area contributed by atoms with Gasteiger partial charge in [0.05, 0.1) is 5.69 Å². The highest BCUT2D eigenvalue weighted by Crippen LogP contribution is 2.28. The number of rotatable bonds is 8. The van der Waals surface area contributed by atoms with Gasteiger partial charge in [0, 0.05) is 18.7 Å². The number of benzene rings is 1. The molecule has 0 unspecified atom stereocenters. The molecule has 112 valence electrons. The van der Waals surface area contributed by atoms with Gasteiger partial charge in [0.1, 0.15) is 11.8 Å². The number of aromatic nitrogens is 1. The maximum absolute atomic E-state index is 11.9. The van der Waals surface area contributed by atoms with Gasteiger partial charge in [-0.05, 0) is 24.6 Å². The molecule has 0 aliphatic heterocycles. The SMILES string of the molecule is O=CCCNc1cccc2oc(SCCC=C(F)F)nc12. The summed E-state index contributed by atoms with van der Waals surface area (Å²) in [5.74, 6) is 0.470. The molecule has 0 saturated carbocycles. The van der Waals surface area contributed by atoms with Crippen LogP contribution in [0.3, 0.4) is 0 Å². The molecule has 0 amide bonds. The number of fused-ring (bicyclic) bond motifs is 1. The molecule has 0 bridgehead atoms. The number of aldehydes is 1. The summed E-state index contributed by atoms with van der Waals surface area (Å²) in [6, 6.07) is 5.47. The molecule has 0 atom stereocenters. The van der Waals surface area contributed by atoms with Crippen LogP contribution in [0, 0.1) is 0 Å². The maximum Gasteiger partial charge on any atom is 0.266 e. The Morgan fingerprint density at radius 3 is 3.00 bits per heavy atom. The highest BCUT2D eigenvalue weighted by Gasteiger charge is 2.09. The summed E-state index contributed by atoms with van der Waals surface area (Å²) < 4.78 is 29.4. The molecule has 21 heavy (non-hydrogen) atoms. The average Bonchev–Trinajstić information content (AvgIpc) is 2.87. The second-order valence-electron chi connectivity index (χ2n) is 4.15. The van der Waals surface area contributed by atoms with E-state index >= 15 is 0 Å². The first-order valence-electron chi connectivity index (χ1n) is 6.41. The van der Waals surface area contributed by atoms with E-state index in [2.05, 4.69) is 10.3 Å². The Balaban J connectivity index is 2.04. The Hall–Kier alpha value is -1.89. The smallest absolute Gasteiger partial charge is 0.266 e. The van der Waals surface area contributed by atoms with Crippen LogP contribution in [0.25, 0.3) is 11.1 Å². The topological polar surface area (TPSA) is 55.1 Å². The zero-order valence-corrected chi connectivity index (χ0v) is 12.0. The summed E-state index contributed by atoms with van der Waals surface area (Å²) >= 11 is 1.29. The number of nitrogens with one attached hydrogen (secondary N) is 1. The van der Waals surface area contributed by atoms with Gasteiger partial charge in [-0.25, -0.2) is 4.98 Å². The number of nitrogens with zero attached hydrogens (tertiary/aromatic N) is 1. The molecule has 0 aliphatic carbocycles. The van der Waals surface area contributed by atoms with Crippen molar-refractivity contribution in [3.63, 3.8) is 0 Å². The molecule has 2 aromatic rings. The van der Waals surface area contributed by atoms with E-state index in [1.165, 1.54) is 11.8 Å². The monoisotopic (exact) mass is 312 g/mol. The molecule has 1 aromatic heterocycles. The van der Waals surface area contributed by atoms with Crippen LogP contribution in [-0.4, -0.2) is 23.6 Å². The number of hydrogen-bond acceptors (Lipinski definition) is 5. The van der Waals surface area contributed by atoms with Crippen LogP contribution in [0.2, 0.25) is 0 Å². The molecule has 4 nitrogen and oxygen atoms in total. The van der Waals surface area contributed by atoms with Crippen molar-refractivity contribution in [3.05, 3.63) is 30.4 Å². The number of para-hydroxylation sites is 1. The summed E-state index contributed by atoms with van der Waals surface area (Å²) in [6.45, 7) is 0.526. The van der Waals surface area contributed by atoms with E-state index in [1.54, 1.807) is 6.07 Å². The first kappa shape index (κ1) is 15.5. The Labute approximate surface area is 124 Å². The molecule has 0 saturated heterocycles. The van der Waals surface area contributed by atoms with Crippen molar-refractivity contribution in [2.24, 2.45) is 0 Å². The summed E-state index contributed by atoms with van der Waals surface area (Å²) in [6.07, 6.45) is 0.721. The van der Waals surface area contributed by atoms with Gasteiger partial charge in [-0.3, -0.25) is 0 Å². The average molecular weight is 312 g/mol. The number of allylic oxidation sites excluding steroid dienone is 1. The van der Waals surface area contributed by atoms with Gasteiger partial charge in [0.2, 0.25) is 0 Å². The fourth-order valence-corrected chi connectivity index (χ4v) is 2.43. The van der Waals surface area contributed by atoms with E-state index in [9.17, 15) is 13.6 Å². The van der Waals surface area contributed by atoms with Crippen LogP contribution in [0.5, 0.6) is 0 Å². The van der Waals surface area contributed by atoms with E-state index < -0.39 is 6.08 Å². The lowest BCUT2D eigenvalue weighted by atomic mass is 10.2. The van der Waals surface area contributed by atoms with E-state index in [1.807, 2.05) is 12.1 Å². The number of thioether (sulfide) groups is 1. The number of hydrogen-bond donors (Lipinski definition) is 1. The van der Waals surface area contributed by atoms with Crippen molar-refractivity contribution in [2.45, 2.75) is 18.1 Å². The standard InChI is InChI=1S/C14H14F2N2O2S/c15-12(16)6-2-9-21-14-18-13-10(17-7-3-8-19)4-1-5-11(13)20-14/h1,4-6,8,17H,2-3,7,9H2. The Morgan fingerprint density at radius 2 is 2.24 bits per heavy atom. The van der Waals surface area contributed by atoms with E-state index in [0.29, 0.717) is 35.0 Å². The summed E-state index contributed by atoms with van der Waals surface area (Å²) in [7, 11) is 0. The number of halogens is 2. The third kappa shape index (κ3) is 4.56. The van der Waals surface area contributed by atoms with Crippen LogP contribution >= 0.6 is 11.8 Å². The summed E-state index contributed by atoms with van der Waals surface area (Å²) in [4.78, 5) is 14.7. The number of anilines is 1. The molecule has 7 heteroatoms. The maximum atomic E-state index is 11.9. The van der Waals surface area contributed by atoms with Crippen LogP contribution in [0.1, 0.15) is 12.8 Å². The van der Waals surface area contributed by atoms with Crippen LogP contribution in [0.4, 0.5) is 14.5 Å². The molecule has 0 fully saturated rings. The third-order valence-corrected chi connectivity index (χ3v) is 3.48. The molecule has 1 heterocycles. The lowest BCUT2D eigenvalue weighted by Crippen LogP contribution is -2.02. The van der Waals surface area contributed by atoms with Crippen molar-refractivity contribution in [3.8, 4) is 0 Å². The molecule has 1 aromatic carbocycles. The van der Waals surface area contributed by atoms with Crippen molar-refractivity contribution < 1.29 is 18.0 Å². The second kappa shape index (κ2) is 7.78. The van der Waals surface area contributed by atoms with Gasteiger partial charge in [-0.15, -0.1) is 0 Å². The fraction of sp³-hybridized carbons (Fsp3) is 0.286. The minimum Gasteiger partial charge on any atom is -0.431 e. The van der Waals surface area contributed by atoms with E-state index in [-0.39, 0.29) is 6.42 Å². The van der Waals surface area contributed by atoms with E-state index in [4.69, 9.17) is 4.42 Å². The first-order chi connectivity index (χ1) is 10.2. The lowest BCUT2D eigenvalue weighted by molar-refractivity contribution is -0.107. The third-order valence-electron chi connectivity index (χ3n) is 2.62. The Kier molecular flexibility index (Phi) is 5.74. The van der Waals surface area contributed by atoms with Gasteiger partial charge < -0.3 is 14.5 Å². The van der Waals surface area contributed by atoms with Gasteiger partial charge in [-0.1, -0.05) is 17.8 Å². The second-order valence-corrected chi connectivity index (χ2v) is 5.19. The molecular formula is C14H14F2N2O2S. The molecule has 0 spiro atoms. The van der Waals surface area contributed by atoms with Crippen molar-refractivity contribution >= 4 is 34.8 Å². The van der Waals surface area contributed by atoms with Gasteiger partial charge in [-0.2, -0.15) is 8.78 Å². The van der Waals surface area contributed by atoms with Crippen molar-refractivity contribution in [1.29, 1.82) is 0 Å². The lowest BCUT2D eigenvalue weighted by Gasteiger charge is -2.03. The zero-order valence-electron chi connectivity index (χ0n) is 11.1. The summed E-state index contributed by atoms with van der Waals surface area (Å²) in [5.41, 5.74) is 2.10. The highest BCUT2D eigenvalue weighted by atomic mass is 32.2. The normalized spacial score (nSPS) is 10.6. The van der Waals surface area contributed by atoms with Crippen molar-refractivity contribution in [1.82, 2.24) is 4.98 Å². The fourth-order valence-electron chi connectivity index (χ4n) is 1.71. The van der Waals surface area contributed by atoms with Gasteiger partial charge in [0.25, 0.3) is 11.3 Å².